The van der Waals surface area contributed by atoms with Gasteiger partial charge in [0.05, 0.1) is 6.10 Å². The van der Waals surface area contributed by atoms with Crippen molar-refractivity contribution in [1.82, 2.24) is 5.32 Å². The van der Waals surface area contributed by atoms with Gasteiger partial charge in [0.1, 0.15) is 0 Å². The third-order valence-corrected chi connectivity index (χ3v) is 4.20. The molecule has 5 heteroatoms. The lowest BCUT2D eigenvalue weighted by Gasteiger charge is -2.33. The third-order valence-electron chi connectivity index (χ3n) is 4.20. The van der Waals surface area contributed by atoms with Crippen LogP contribution in [0.25, 0.3) is 0 Å². The normalized spacial score (nSPS) is 12.9. The van der Waals surface area contributed by atoms with E-state index < -0.39 is 23.3 Å². The summed E-state index contributed by atoms with van der Waals surface area (Å²) in [6.07, 6.45) is -0.565. The molecule has 0 spiro atoms. The highest BCUT2D eigenvalue weighted by Gasteiger charge is 2.31. The van der Waals surface area contributed by atoms with E-state index in [2.05, 4.69) is 10.6 Å². The minimum Gasteiger partial charge on any atom is -0.392 e. The van der Waals surface area contributed by atoms with E-state index in [1.807, 2.05) is 53.7 Å². The van der Waals surface area contributed by atoms with E-state index in [1.165, 1.54) is 0 Å². The Kier molecular flexibility index (Phi) is 6.33. The Morgan fingerprint density at radius 1 is 1.17 bits per heavy atom. The van der Waals surface area contributed by atoms with Crippen molar-refractivity contribution < 1.29 is 14.7 Å². The van der Waals surface area contributed by atoms with Crippen LogP contribution in [0.4, 0.5) is 5.69 Å². The van der Waals surface area contributed by atoms with Gasteiger partial charge in [0.15, 0.2) is 0 Å². The molecule has 0 fully saturated rings. The molecule has 1 atom stereocenters. The maximum absolute atomic E-state index is 12.0. The Morgan fingerprint density at radius 2 is 1.78 bits per heavy atom. The number of nitrogens with one attached hydrogen (secondary N) is 2. The second-order valence-electron chi connectivity index (χ2n) is 7.06. The van der Waals surface area contributed by atoms with E-state index in [9.17, 15) is 14.7 Å². The lowest BCUT2D eigenvalue weighted by Crippen LogP contribution is -2.46. The van der Waals surface area contributed by atoms with E-state index in [4.69, 9.17) is 0 Å². The minimum atomic E-state index is -0.700. The molecule has 128 valence electrons. The van der Waals surface area contributed by atoms with Crippen LogP contribution in [0.15, 0.2) is 18.2 Å². The monoisotopic (exact) mass is 320 g/mol. The maximum atomic E-state index is 12.0. The van der Waals surface area contributed by atoms with Crippen molar-refractivity contribution in [2.45, 2.75) is 47.6 Å². The summed E-state index contributed by atoms with van der Waals surface area (Å²) < 4.78 is 0. The second kappa shape index (κ2) is 7.59. The highest BCUT2D eigenvalue weighted by Crippen LogP contribution is 2.25. The molecule has 0 aliphatic carbocycles. The predicted molar refractivity (Wildman–Crippen MR) is 92.2 cm³/mol. The van der Waals surface area contributed by atoms with E-state index in [0.717, 1.165) is 11.1 Å². The molecule has 0 bridgehead atoms. The summed E-state index contributed by atoms with van der Waals surface area (Å²) in [5, 5.41) is 15.4. The molecule has 3 N–H and O–H groups in total. The predicted octanol–water partition coefficient (Wildman–Crippen LogP) is 2.40. The molecule has 2 amide bonds. The molecule has 1 unspecified atom stereocenters. The first-order valence-electron chi connectivity index (χ1n) is 7.89. The van der Waals surface area contributed by atoms with Crippen LogP contribution in [-0.4, -0.2) is 29.6 Å². The molecule has 0 heterocycles. The van der Waals surface area contributed by atoms with Crippen molar-refractivity contribution in [3.05, 3.63) is 29.3 Å². The van der Waals surface area contributed by atoms with Crippen molar-refractivity contribution in [1.29, 1.82) is 0 Å². The fourth-order valence-corrected chi connectivity index (χ4v) is 2.46. The zero-order valence-corrected chi connectivity index (χ0v) is 14.9. The number of carbonyl (C=O) groups is 2. The van der Waals surface area contributed by atoms with E-state index >= 15 is 0 Å². The van der Waals surface area contributed by atoms with Crippen molar-refractivity contribution in [2.24, 2.45) is 11.3 Å². The summed E-state index contributed by atoms with van der Waals surface area (Å²) in [5.41, 5.74) is 2.10. The summed E-state index contributed by atoms with van der Waals surface area (Å²) in [4.78, 5) is 24.0. The summed E-state index contributed by atoms with van der Waals surface area (Å²) in [7, 11) is 0. The van der Waals surface area contributed by atoms with Gasteiger partial charge in [0.2, 0.25) is 0 Å². The first-order valence-corrected chi connectivity index (χ1v) is 7.89. The van der Waals surface area contributed by atoms with Gasteiger partial charge in [-0.2, -0.15) is 0 Å². The zero-order valence-electron chi connectivity index (χ0n) is 14.9. The first-order chi connectivity index (χ1) is 10.6. The van der Waals surface area contributed by atoms with Gasteiger partial charge in [0.25, 0.3) is 0 Å². The van der Waals surface area contributed by atoms with Gasteiger partial charge in [-0.25, -0.2) is 0 Å². The van der Waals surface area contributed by atoms with Crippen LogP contribution in [0.5, 0.6) is 0 Å². The number of carbonyl (C=O) groups excluding carboxylic acids is 2. The molecule has 0 radical (unpaired) electrons. The molecule has 0 saturated carbocycles. The average molecular weight is 320 g/mol. The Morgan fingerprint density at radius 3 is 2.35 bits per heavy atom. The molecule has 5 nitrogen and oxygen atoms in total. The number of hydrogen-bond acceptors (Lipinski definition) is 3. The molecule has 0 saturated heterocycles. The van der Waals surface area contributed by atoms with Crippen LogP contribution in [0.2, 0.25) is 0 Å². The van der Waals surface area contributed by atoms with Crippen molar-refractivity contribution in [3.8, 4) is 0 Å². The first kappa shape index (κ1) is 19.2. The molecular formula is C18H28N2O3. The number of aliphatic hydroxyl groups is 1. The number of amides is 2. The zero-order chi connectivity index (χ0) is 17.8. The Hall–Kier alpha value is -1.88. The largest absolute Gasteiger partial charge is 0.392 e. The van der Waals surface area contributed by atoms with Crippen LogP contribution >= 0.6 is 0 Å². The van der Waals surface area contributed by atoms with E-state index in [0.29, 0.717) is 5.69 Å². The number of aliphatic hydroxyl groups excluding tert-OH is 1. The van der Waals surface area contributed by atoms with Gasteiger partial charge < -0.3 is 15.7 Å². The van der Waals surface area contributed by atoms with Crippen molar-refractivity contribution in [2.75, 3.05) is 11.9 Å². The number of anilines is 1. The quantitative estimate of drug-likeness (QED) is 0.729. The molecule has 0 aliphatic heterocycles. The molecule has 0 aliphatic rings. The molecule has 1 rings (SSSR count). The molecule has 0 aromatic heterocycles. The molecule has 23 heavy (non-hydrogen) atoms. The van der Waals surface area contributed by atoms with Crippen LogP contribution in [0.1, 0.15) is 38.8 Å². The fraction of sp³-hybridized carbons (Fsp3) is 0.556. The van der Waals surface area contributed by atoms with Crippen LogP contribution in [-0.2, 0) is 9.59 Å². The molecular weight excluding hydrogens is 292 g/mol. The Labute approximate surface area is 138 Å². The molecule has 1 aromatic rings. The van der Waals surface area contributed by atoms with Crippen molar-refractivity contribution in [3.63, 3.8) is 0 Å². The standard InChI is InChI=1S/C18H28N2O3/c1-11(2)15(21)18(5,6)10-19-16(22)17(23)20-14-9-7-8-12(3)13(14)4/h7-9,11,15,21H,10H2,1-6H3,(H,19,22)(H,20,23). The van der Waals surface area contributed by atoms with Crippen molar-refractivity contribution >= 4 is 17.5 Å². The van der Waals surface area contributed by atoms with Gasteiger partial charge in [0, 0.05) is 17.6 Å². The number of rotatable bonds is 5. The van der Waals surface area contributed by atoms with Gasteiger partial charge in [-0.3, -0.25) is 9.59 Å². The Balaban J connectivity index is 2.65. The van der Waals surface area contributed by atoms with Crippen LogP contribution in [0.3, 0.4) is 0 Å². The fourth-order valence-electron chi connectivity index (χ4n) is 2.46. The second-order valence-corrected chi connectivity index (χ2v) is 7.06. The number of hydrogen-bond donors (Lipinski definition) is 3. The molecule has 1 aromatic carbocycles. The lowest BCUT2D eigenvalue weighted by molar-refractivity contribution is -0.136. The van der Waals surface area contributed by atoms with Gasteiger partial charge in [-0.1, -0.05) is 39.8 Å². The lowest BCUT2D eigenvalue weighted by atomic mass is 9.81. The summed E-state index contributed by atoms with van der Waals surface area (Å²) in [5.74, 6) is -1.32. The number of aryl methyl sites for hydroxylation is 1. The third kappa shape index (κ3) is 5.06. The van der Waals surface area contributed by atoms with Crippen LogP contribution in [0, 0.1) is 25.2 Å². The smallest absolute Gasteiger partial charge is 0.313 e. The Bertz CT molecular complexity index is 580. The maximum Gasteiger partial charge on any atom is 0.313 e. The topological polar surface area (TPSA) is 78.4 Å². The summed E-state index contributed by atoms with van der Waals surface area (Å²) in [6, 6.07) is 5.54. The summed E-state index contributed by atoms with van der Waals surface area (Å²) in [6.45, 7) is 11.6. The highest BCUT2D eigenvalue weighted by atomic mass is 16.3. The minimum absolute atomic E-state index is 0.0747. The van der Waals surface area contributed by atoms with E-state index in [-0.39, 0.29) is 12.5 Å². The number of benzene rings is 1. The highest BCUT2D eigenvalue weighted by molar-refractivity contribution is 6.39. The van der Waals surface area contributed by atoms with Crippen LogP contribution < -0.4 is 10.6 Å². The van der Waals surface area contributed by atoms with Gasteiger partial charge in [-0.15, -0.1) is 0 Å². The van der Waals surface area contributed by atoms with Gasteiger partial charge >= 0.3 is 11.8 Å². The SMILES string of the molecule is Cc1cccc(NC(=O)C(=O)NCC(C)(C)C(O)C(C)C)c1C. The van der Waals surface area contributed by atoms with Gasteiger partial charge in [-0.05, 0) is 37.0 Å². The average Bonchev–Trinajstić information content (AvgIpc) is 2.48. The summed E-state index contributed by atoms with van der Waals surface area (Å²) >= 11 is 0. The van der Waals surface area contributed by atoms with E-state index in [1.54, 1.807) is 6.07 Å².